The van der Waals surface area contributed by atoms with E-state index in [1.165, 1.54) is 16.8 Å². The highest BCUT2D eigenvalue weighted by molar-refractivity contribution is 5.59. The Balaban J connectivity index is 1.89. The van der Waals surface area contributed by atoms with E-state index in [2.05, 4.69) is 84.5 Å². The van der Waals surface area contributed by atoms with E-state index in [-0.39, 0.29) is 5.54 Å². The molecule has 3 rings (SSSR count). The minimum atomic E-state index is -0.122. The van der Waals surface area contributed by atoms with Crippen LogP contribution in [0.5, 0.6) is 0 Å². The van der Waals surface area contributed by atoms with Crippen LogP contribution >= 0.6 is 0 Å². The van der Waals surface area contributed by atoms with Crippen LogP contribution in [0.25, 0.3) is 0 Å². The lowest BCUT2D eigenvalue weighted by Crippen LogP contribution is -2.50. The molecule has 0 N–H and O–H groups in total. The van der Waals surface area contributed by atoms with Crippen molar-refractivity contribution < 1.29 is 0 Å². The molecule has 1 heterocycles. The van der Waals surface area contributed by atoms with E-state index in [1.807, 2.05) is 0 Å². The lowest BCUT2D eigenvalue weighted by molar-refractivity contribution is 0.197. The van der Waals surface area contributed by atoms with Crippen LogP contribution in [0.4, 0.5) is 5.69 Å². The highest BCUT2D eigenvalue weighted by Gasteiger charge is 2.38. The number of hydrogen-bond acceptors (Lipinski definition) is 3. The predicted octanol–water partition coefficient (Wildman–Crippen LogP) is 4.85. The second-order valence-electron chi connectivity index (χ2n) is 6.87. The number of para-hydroxylation sites is 1. The predicted molar refractivity (Wildman–Crippen MR) is 98.3 cm³/mol. The van der Waals surface area contributed by atoms with Crippen molar-refractivity contribution in [1.29, 1.82) is 5.26 Å². The Kier molecular flexibility index (Phi) is 4.87. The zero-order valence-corrected chi connectivity index (χ0v) is 14.6. The second kappa shape index (κ2) is 7.07. The van der Waals surface area contributed by atoms with Gasteiger partial charge in [-0.3, -0.25) is 5.01 Å². The SMILES string of the molecule is CC(C)(c1ccccc1)N1c2ccccc2CN1CCCCC#N. The van der Waals surface area contributed by atoms with E-state index in [0.29, 0.717) is 6.42 Å². The molecule has 2 aromatic rings. The average molecular weight is 319 g/mol. The minimum Gasteiger partial charge on any atom is -0.295 e. The molecule has 0 amide bonds. The molecular weight excluding hydrogens is 294 g/mol. The van der Waals surface area contributed by atoms with Gasteiger partial charge in [0.05, 0.1) is 17.3 Å². The maximum atomic E-state index is 8.76. The third-order valence-electron chi connectivity index (χ3n) is 4.82. The number of benzene rings is 2. The number of nitriles is 1. The number of nitrogens with zero attached hydrogens (tertiary/aromatic N) is 3. The van der Waals surface area contributed by atoms with Gasteiger partial charge in [0.2, 0.25) is 0 Å². The molecule has 3 heteroatoms. The number of fused-ring (bicyclic) bond motifs is 1. The summed E-state index contributed by atoms with van der Waals surface area (Å²) in [5.74, 6) is 0. The highest BCUT2D eigenvalue weighted by atomic mass is 15.7. The number of unbranched alkanes of at least 4 members (excludes halogenated alkanes) is 2. The maximum Gasteiger partial charge on any atom is 0.0758 e. The van der Waals surface area contributed by atoms with Crippen molar-refractivity contribution in [3.63, 3.8) is 0 Å². The second-order valence-corrected chi connectivity index (χ2v) is 6.87. The van der Waals surface area contributed by atoms with Crippen LogP contribution in [0.3, 0.4) is 0 Å². The van der Waals surface area contributed by atoms with Crippen molar-refractivity contribution >= 4 is 5.69 Å². The third kappa shape index (κ3) is 3.16. The Hall–Kier alpha value is -2.31. The molecule has 1 aliphatic heterocycles. The molecular formula is C21H25N3. The highest BCUT2D eigenvalue weighted by Crippen LogP contribution is 2.41. The summed E-state index contributed by atoms with van der Waals surface area (Å²) in [6.45, 7) is 6.49. The standard InChI is InChI=1S/C21H25N3/c1-21(2,19-12-5-3-6-13-19)24-20-14-8-7-11-18(20)17-23(24)16-10-4-9-15-22/h3,5-8,11-14H,4,9-10,16-17H2,1-2H3. The molecule has 0 unspecified atom stereocenters. The molecule has 0 fully saturated rings. The summed E-state index contributed by atoms with van der Waals surface area (Å²) in [6.07, 6.45) is 2.65. The molecule has 1 aliphatic rings. The fourth-order valence-electron chi connectivity index (χ4n) is 3.57. The van der Waals surface area contributed by atoms with E-state index < -0.39 is 0 Å². The van der Waals surface area contributed by atoms with Gasteiger partial charge >= 0.3 is 0 Å². The fraction of sp³-hybridized carbons (Fsp3) is 0.381. The van der Waals surface area contributed by atoms with Crippen molar-refractivity contribution in [2.24, 2.45) is 0 Å². The van der Waals surface area contributed by atoms with Gasteiger partial charge in [0.1, 0.15) is 0 Å². The molecule has 0 radical (unpaired) electrons. The van der Waals surface area contributed by atoms with Gasteiger partial charge in [0.15, 0.2) is 0 Å². The van der Waals surface area contributed by atoms with Gasteiger partial charge < -0.3 is 0 Å². The molecule has 0 atom stereocenters. The molecule has 124 valence electrons. The average Bonchev–Trinajstić information content (AvgIpc) is 2.98. The Morgan fingerprint density at radius 3 is 2.46 bits per heavy atom. The quantitative estimate of drug-likeness (QED) is 0.713. The zero-order chi connectivity index (χ0) is 17.0. The van der Waals surface area contributed by atoms with Crippen molar-refractivity contribution in [2.75, 3.05) is 11.6 Å². The molecule has 0 bridgehead atoms. The van der Waals surface area contributed by atoms with Crippen LogP contribution in [0.15, 0.2) is 54.6 Å². The Labute approximate surface area is 145 Å². The van der Waals surface area contributed by atoms with Gasteiger partial charge in [0.25, 0.3) is 0 Å². The number of hydrogen-bond donors (Lipinski definition) is 0. The third-order valence-corrected chi connectivity index (χ3v) is 4.82. The summed E-state index contributed by atoms with van der Waals surface area (Å²) in [7, 11) is 0. The Morgan fingerprint density at radius 1 is 1.00 bits per heavy atom. The smallest absolute Gasteiger partial charge is 0.0758 e. The van der Waals surface area contributed by atoms with E-state index in [4.69, 9.17) is 5.26 Å². The molecule has 2 aromatic carbocycles. The van der Waals surface area contributed by atoms with E-state index in [0.717, 1.165) is 25.9 Å². The summed E-state index contributed by atoms with van der Waals surface area (Å²) >= 11 is 0. The molecule has 0 saturated heterocycles. The number of rotatable bonds is 6. The lowest BCUT2D eigenvalue weighted by atomic mass is 9.93. The summed E-state index contributed by atoms with van der Waals surface area (Å²) in [6, 6.07) is 21.6. The zero-order valence-electron chi connectivity index (χ0n) is 14.6. The fourth-order valence-corrected chi connectivity index (χ4v) is 3.57. The van der Waals surface area contributed by atoms with Gasteiger partial charge in [-0.05, 0) is 43.9 Å². The van der Waals surface area contributed by atoms with Crippen LogP contribution in [0, 0.1) is 11.3 Å². The van der Waals surface area contributed by atoms with Crippen molar-refractivity contribution in [3.8, 4) is 6.07 Å². The van der Waals surface area contributed by atoms with Crippen LogP contribution in [0.2, 0.25) is 0 Å². The van der Waals surface area contributed by atoms with Crippen LogP contribution < -0.4 is 5.01 Å². The van der Waals surface area contributed by atoms with Gasteiger partial charge in [-0.25, -0.2) is 5.01 Å². The maximum absolute atomic E-state index is 8.76. The van der Waals surface area contributed by atoms with Crippen LogP contribution in [-0.2, 0) is 12.1 Å². The molecule has 0 saturated carbocycles. The topological polar surface area (TPSA) is 30.3 Å². The van der Waals surface area contributed by atoms with Gasteiger partial charge in [-0.15, -0.1) is 0 Å². The van der Waals surface area contributed by atoms with Gasteiger partial charge in [-0.2, -0.15) is 5.26 Å². The van der Waals surface area contributed by atoms with E-state index in [9.17, 15) is 0 Å². The summed E-state index contributed by atoms with van der Waals surface area (Å²) in [4.78, 5) is 0. The molecule has 0 aromatic heterocycles. The van der Waals surface area contributed by atoms with Crippen molar-refractivity contribution in [3.05, 3.63) is 65.7 Å². The normalized spacial score (nSPS) is 14.5. The summed E-state index contributed by atoms with van der Waals surface area (Å²) < 4.78 is 0. The van der Waals surface area contributed by atoms with Crippen LogP contribution in [0.1, 0.15) is 44.2 Å². The summed E-state index contributed by atoms with van der Waals surface area (Å²) in [5, 5.41) is 13.6. The first-order valence-corrected chi connectivity index (χ1v) is 8.70. The Morgan fingerprint density at radius 2 is 1.71 bits per heavy atom. The molecule has 0 aliphatic carbocycles. The molecule has 24 heavy (non-hydrogen) atoms. The first-order chi connectivity index (χ1) is 11.6. The van der Waals surface area contributed by atoms with Gasteiger partial charge in [-0.1, -0.05) is 48.5 Å². The Bertz CT molecular complexity index is 715. The van der Waals surface area contributed by atoms with E-state index in [1.54, 1.807) is 0 Å². The monoisotopic (exact) mass is 319 g/mol. The molecule has 3 nitrogen and oxygen atoms in total. The van der Waals surface area contributed by atoms with Gasteiger partial charge in [0, 0.05) is 19.5 Å². The lowest BCUT2D eigenvalue weighted by Gasteiger charge is -2.43. The largest absolute Gasteiger partial charge is 0.295 e. The molecule has 0 spiro atoms. The first-order valence-electron chi connectivity index (χ1n) is 8.70. The first kappa shape index (κ1) is 16.5. The van der Waals surface area contributed by atoms with Crippen molar-refractivity contribution in [2.45, 2.75) is 45.2 Å². The summed E-state index contributed by atoms with van der Waals surface area (Å²) in [5.41, 5.74) is 3.86. The number of anilines is 1. The van der Waals surface area contributed by atoms with E-state index >= 15 is 0 Å². The number of hydrazine groups is 1. The minimum absolute atomic E-state index is 0.122. The van der Waals surface area contributed by atoms with Crippen molar-refractivity contribution in [1.82, 2.24) is 5.01 Å². The van der Waals surface area contributed by atoms with Crippen LogP contribution in [-0.4, -0.2) is 11.6 Å².